The maximum absolute atomic E-state index is 11.4. The topological polar surface area (TPSA) is 76.8 Å². The number of carbonyl (C=O) groups is 1. The van der Waals surface area contributed by atoms with Gasteiger partial charge in [-0.2, -0.15) is 0 Å². The number of likely N-dealkylation sites (tertiary alicyclic amines) is 1. The molecule has 1 saturated heterocycles. The molecule has 106 valence electrons. The van der Waals surface area contributed by atoms with E-state index in [1.165, 1.54) is 0 Å². The van der Waals surface area contributed by atoms with Crippen LogP contribution in [0.25, 0.3) is 0 Å². The van der Waals surface area contributed by atoms with Crippen LogP contribution < -0.4 is 11.1 Å². The molecule has 0 spiro atoms. The molecular formula is C12H25N3O3. The van der Waals surface area contributed by atoms with Gasteiger partial charge in [0.05, 0.1) is 17.7 Å². The number of hydrogen-bond donors (Lipinski definition) is 2. The van der Waals surface area contributed by atoms with Crippen molar-refractivity contribution in [3.63, 3.8) is 0 Å². The van der Waals surface area contributed by atoms with Crippen LogP contribution in [0.2, 0.25) is 0 Å². The number of amides is 1. The van der Waals surface area contributed by atoms with Crippen LogP contribution in [0, 0.1) is 0 Å². The lowest BCUT2D eigenvalue weighted by molar-refractivity contribution is -0.124. The van der Waals surface area contributed by atoms with Gasteiger partial charge in [0.1, 0.15) is 0 Å². The number of carbonyl (C=O) groups excluding carboxylic acids is 1. The average Bonchev–Trinajstić information content (AvgIpc) is 2.78. The highest BCUT2D eigenvalue weighted by Crippen LogP contribution is 2.18. The molecule has 1 fully saturated rings. The van der Waals surface area contributed by atoms with Crippen LogP contribution in [-0.4, -0.2) is 69.5 Å². The van der Waals surface area contributed by atoms with Crippen LogP contribution in [0.1, 0.15) is 13.3 Å². The van der Waals surface area contributed by atoms with Crippen molar-refractivity contribution in [1.29, 1.82) is 0 Å². The number of hydrogen-bond acceptors (Lipinski definition) is 5. The number of rotatable bonds is 7. The first-order valence-corrected chi connectivity index (χ1v) is 6.23. The zero-order valence-electron chi connectivity index (χ0n) is 11.7. The van der Waals surface area contributed by atoms with Crippen molar-refractivity contribution in [3.8, 4) is 0 Å². The van der Waals surface area contributed by atoms with E-state index in [2.05, 4.69) is 10.2 Å². The summed E-state index contributed by atoms with van der Waals surface area (Å²) in [5, 5.41) is 2.99. The summed E-state index contributed by atoms with van der Waals surface area (Å²) in [5.74, 6) is -0.323. The van der Waals surface area contributed by atoms with Gasteiger partial charge in [0.15, 0.2) is 0 Å². The van der Waals surface area contributed by atoms with Crippen molar-refractivity contribution in [1.82, 2.24) is 10.2 Å². The minimum Gasteiger partial charge on any atom is -0.377 e. The van der Waals surface area contributed by atoms with E-state index in [0.717, 1.165) is 19.6 Å². The maximum Gasteiger partial charge on any atom is 0.237 e. The molecule has 0 aromatic rings. The first-order valence-electron chi connectivity index (χ1n) is 6.23. The second-order valence-electron chi connectivity index (χ2n) is 5.00. The van der Waals surface area contributed by atoms with Gasteiger partial charge in [-0.15, -0.1) is 0 Å². The molecule has 1 aliphatic heterocycles. The Morgan fingerprint density at radius 3 is 2.22 bits per heavy atom. The minimum absolute atomic E-state index is 0.101. The molecule has 1 amide bonds. The van der Waals surface area contributed by atoms with Crippen molar-refractivity contribution in [3.05, 3.63) is 0 Å². The first kappa shape index (κ1) is 15.4. The van der Waals surface area contributed by atoms with E-state index in [0.29, 0.717) is 6.42 Å². The Morgan fingerprint density at radius 2 is 1.89 bits per heavy atom. The van der Waals surface area contributed by atoms with Gasteiger partial charge in [-0.05, 0) is 20.4 Å². The lowest BCUT2D eigenvalue weighted by Crippen LogP contribution is -2.53. The molecule has 1 heterocycles. The number of nitrogens with two attached hydrogens (primary N) is 1. The molecule has 3 N–H and O–H groups in total. The zero-order valence-corrected chi connectivity index (χ0v) is 11.7. The number of nitrogens with zero attached hydrogens (tertiary/aromatic N) is 1. The van der Waals surface area contributed by atoms with E-state index in [1.807, 2.05) is 6.92 Å². The van der Waals surface area contributed by atoms with Crippen molar-refractivity contribution in [2.75, 3.05) is 40.9 Å². The highest BCUT2D eigenvalue weighted by Gasteiger charge is 2.35. The standard InChI is InChI=1S/C12H25N3O3/c1-12(14-2,11(13)16)5-6-15-7-9(17-3)10(8-15)18-4/h9-10,14H,5-8H2,1-4H3,(H2,13,16). The molecule has 0 aromatic heterocycles. The van der Waals surface area contributed by atoms with Crippen molar-refractivity contribution >= 4 is 5.91 Å². The van der Waals surface area contributed by atoms with Crippen LogP contribution in [0.15, 0.2) is 0 Å². The summed E-state index contributed by atoms with van der Waals surface area (Å²) in [5.41, 5.74) is 4.74. The zero-order chi connectivity index (χ0) is 13.8. The van der Waals surface area contributed by atoms with E-state index in [4.69, 9.17) is 15.2 Å². The van der Waals surface area contributed by atoms with Gasteiger partial charge >= 0.3 is 0 Å². The molecule has 0 radical (unpaired) electrons. The Balaban J connectivity index is 2.48. The summed E-state index contributed by atoms with van der Waals surface area (Å²) in [4.78, 5) is 13.6. The van der Waals surface area contributed by atoms with Crippen molar-refractivity contribution in [2.45, 2.75) is 31.1 Å². The number of methoxy groups -OCH3 is 2. The lowest BCUT2D eigenvalue weighted by Gasteiger charge is -2.27. The molecule has 0 saturated carbocycles. The number of nitrogens with one attached hydrogen (secondary N) is 1. The molecule has 0 aliphatic carbocycles. The number of ether oxygens (including phenoxy) is 2. The fourth-order valence-electron chi connectivity index (χ4n) is 2.21. The predicted molar refractivity (Wildman–Crippen MR) is 69.3 cm³/mol. The van der Waals surface area contributed by atoms with Gasteiger partial charge in [-0.25, -0.2) is 0 Å². The van der Waals surface area contributed by atoms with Gasteiger partial charge in [-0.3, -0.25) is 9.69 Å². The lowest BCUT2D eigenvalue weighted by atomic mass is 9.97. The SMILES string of the molecule is CNC(C)(CCN1CC(OC)C(OC)C1)C(N)=O. The molecule has 18 heavy (non-hydrogen) atoms. The quantitative estimate of drug-likeness (QED) is 0.625. The van der Waals surface area contributed by atoms with Crippen molar-refractivity contribution in [2.24, 2.45) is 5.73 Å². The minimum atomic E-state index is -0.659. The van der Waals surface area contributed by atoms with Gasteiger partial charge in [0, 0.05) is 33.9 Å². The Bertz CT molecular complexity index is 276. The molecule has 1 aliphatic rings. The third-order valence-corrected chi connectivity index (χ3v) is 3.92. The third kappa shape index (κ3) is 3.41. The first-order chi connectivity index (χ1) is 8.46. The monoisotopic (exact) mass is 259 g/mol. The largest absolute Gasteiger partial charge is 0.377 e. The molecule has 6 heteroatoms. The number of likely N-dealkylation sites (N-methyl/N-ethyl adjacent to an activating group) is 1. The van der Waals surface area contributed by atoms with E-state index in [1.54, 1.807) is 21.3 Å². The van der Waals surface area contributed by atoms with E-state index in [9.17, 15) is 4.79 Å². The second kappa shape index (κ2) is 6.47. The Hall–Kier alpha value is -0.690. The summed E-state index contributed by atoms with van der Waals surface area (Å²) in [6, 6.07) is 0. The normalized spacial score (nSPS) is 28.2. The van der Waals surface area contributed by atoms with Gasteiger partial charge in [0.25, 0.3) is 0 Å². The maximum atomic E-state index is 11.4. The van der Waals surface area contributed by atoms with Gasteiger partial charge in [-0.1, -0.05) is 0 Å². The molecule has 0 aromatic carbocycles. The summed E-state index contributed by atoms with van der Waals surface area (Å²) in [6.07, 6.45) is 0.875. The van der Waals surface area contributed by atoms with Crippen LogP contribution in [0.4, 0.5) is 0 Å². The Kier molecular flexibility index (Phi) is 5.52. The summed E-state index contributed by atoms with van der Waals surface area (Å²) in [6.45, 7) is 4.27. The third-order valence-electron chi connectivity index (χ3n) is 3.92. The molecule has 3 atom stereocenters. The van der Waals surface area contributed by atoms with E-state index in [-0.39, 0.29) is 18.1 Å². The number of primary amides is 1. The fraction of sp³-hybridized carbons (Fsp3) is 0.917. The predicted octanol–water partition coefficient (Wildman–Crippen LogP) is -0.814. The van der Waals surface area contributed by atoms with Gasteiger partial charge in [0.2, 0.25) is 5.91 Å². The fourth-order valence-corrected chi connectivity index (χ4v) is 2.21. The molecule has 0 bridgehead atoms. The highest BCUT2D eigenvalue weighted by atomic mass is 16.5. The van der Waals surface area contributed by atoms with E-state index < -0.39 is 5.54 Å². The van der Waals surface area contributed by atoms with Crippen LogP contribution in [0.3, 0.4) is 0 Å². The summed E-state index contributed by atoms with van der Waals surface area (Å²) >= 11 is 0. The summed E-state index contributed by atoms with van der Waals surface area (Å²) in [7, 11) is 5.15. The molecule has 6 nitrogen and oxygen atoms in total. The van der Waals surface area contributed by atoms with Crippen molar-refractivity contribution < 1.29 is 14.3 Å². The Labute approximate surface area is 109 Å². The van der Waals surface area contributed by atoms with Crippen LogP contribution in [0.5, 0.6) is 0 Å². The summed E-state index contributed by atoms with van der Waals surface area (Å²) < 4.78 is 10.8. The van der Waals surface area contributed by atoms with Crippen LogP contribution >= 0.6 is 0 Å². The Morgan fingerprint density at radius 1 is 1.39 bits per heavy atom. The molecular weight excluding hydrogens is 234 g/mol. The second-order valence-corrected chi connectivity index (χ2v) is 5.00. The average molecular weight is 259 g/mol. The molecule has 1 rings (SSSR count). The smallest absolute Gasteiger partial charge is 0.237 e. The highest BCUT2D eigenvalue weighted by molar-refractivity contribution is 5.84. The molecule has 3 unspecified atom stereocenters. The van der Waals surface area contributed by atoms with Gasteiger partial charge < -0.3 is 20.5 Å². The van der Waals surface area contributed by atoms with Crippen LogP contribution in [-0.2, 0) is 14.3 Å². The van der Waals surface area contributed by atoms with E-state index >= 15 is 0 Å².